The molecular weight excluding hydrogens is 350 g/mol. The van der Waals surface area contributed by atoms with Crippen LogP contribution < -0.4 is 0 Å². The molecule has 0 aliphatic heterocycles. The Hall–Kier alpha value is -3.32. The Balaban J connectivity index is 1.66. The Morgan fingerprint density at radius 2 is 1.07 bits per heavy atom. The number of hydrogen-bond donors (Lipinski definition) is 0. The molecule has 0 aliphatic carbocycles. The predicted molar refractivity (Wildman–Crippen MR) is 125 cm³/mol. The first-order chi connectivity index (χ1) is 14.1. The molecule has 0 spiro atoms. The van der Waals surface area contributed by atoms with Crippen LogP contribution in [0.4, 0.5) is 0 Å². The monoisotopic (exact) mass is 375 g/mol. The fraction of sp³-hybridized carbons (Fsp3) is 0.143. The summed E-state index contributed by atoms with van der Waals surface area (Å²) in [6, 6.07) is 31.3. The van der Waals surface area contributed by atoms with Crippen LogP contribution in [0.15, 0.2) is 84.9 Å². The number of hydrogen-bond acceptors (Lipinski definition) is 0. The van der Waals surface area contributed by atoms with Gasteiger partial charge in [-0.25, -0.2) is 0 Å². The molecule has 5 aromatic rings. The Morgan fingerprint density at radius 1 is 0.586 bits per heavy atom. The molecular formula is C28H25N. The van der Waals surface area contributed by atoms with Gasteiger partial charge in [0.1, 0.15) is 0 Å². The third-order valence-corrected chi connectivity index (χ3v) is 5.90. The van der Waals surface area contributed by atoms with Gasteiger partial charge in [0.15, 0.2) is 0 Å². The third-order valence-electron chi connectivity index (χ3n) is 5.90. The molecule has 1 heterocycles. The molecule has 0 aliphatic rings. The second kappa shape index (κ2) is 6.93. The van der Waals surface area contributed by atoms with Crippen molar-refractivity contribution < 1.29 is 0 Å². The van der Waals surface area contributed by atoms with Crippen LogP contribution >= 0.6 is 0 Å². The van der Waals surface area contributed by atoms with Crippen molar-refractivity contribution in [3.8, 4) is 16.8 Å². The highest BCUT2D eigenvalue weighted by molar-refractivity contribution is 6.09. The molecule has 0 radical (unpaired) electrons. The summed E-state index contributed by atoms with van der Waals surface area (Å²) in [4.78, 5) is 0. The van der Waals surface area contributed by atoms with Gasteiger partial charge in [0, 0.05) is 16.5 Å². The van der Waals surface area contributed by atoms with E-state index in [2.05, 4.69) is 110 Å². The van der Waals surface area contributed by atoms with Gasteiger partial charge in [-0.3, -0.25) is 0 Å². The van der Waals surface area contributed by atoms with E-state index in [1.807, 2.05) is 0 Å². The van der Waals surface area contributed by atoms with Crippen LogP contribution in [0.2, 0.25) is 0 Å². The maximum absolute atomic E-state index is 2.38. The lowest BCUT2D eigenvalue weighted by Gasteiger charge is -2.10. The number of aryl methyl sites for hydroxylation is 3. The van der Waals surface area contributed by atoms with Gasteiger partial charge in [-0.2, -0.15) is 0 Å². The summed E-state index contributed by atoms with van der Waals surface area (Å²) in [7, 11) is 0. The smallest absolute Gasteiger partial charge is 0.0541 e. The van der Waals surface area contributed by atoms with E-state index < -0.39 is 0 Å². The number of nitrogens with zero attached hydrogens (tertiary/aromatic N) is 1. The summed E-state index contributed by atoms with van der Waals surface area (Å²) < 4.78 is 2.38. The molecule has 0 unspecified atom stereocenters. The van der Waals surface area contributed by atoms with Crippen LogP contribution in [0.1, 0.15) is 23.6 Å². The number of benzene rings is 4. The van der Waals surface area contributed by atoms with Crippen molar-refractivity contribution in [3.63, 3.8) is 0 Å². The standard InChI is InChI=1S/C28H25N/c1-4-21-7-9-22(10-8-21)23-11-13-24(14-12-23)29-27-15-5-19(2)17-25(27)26-18-20(3)6-16-28(26)29/h5-18H,4H2,1-3H3. The zero-order chi connectivity index (χ0) is 20.0. The molecule has 142 valence electrons. The van der Waals surface area contributed by atoms with Gasteiger partial charge in [-0.1, -0.05) is 66.6 Å². The van der Waals surface area contributed by atoms with Gasteiger partial charge in [-0.15, -0.1) is 0 Å². The van der Waals surface area contributed by atoms with E-state index in [4.69, 9.17) is 0 Å². The summed E-state index contributed by atoms with van der Waals surface area (Å²) in [5.74, 6) is 0. The van der Waals surface area contributed by atoms with Gasteiger partial charge in [-0.05, 0) is 73.4 Å². The fourth-order valence-electron chi connectivity index (χ4n) is 4.26. The number of aromatic nitrogens is 1. The molecule has 0 saturated heterocycles. The van der Waals surface area contributed by atoms with Gasteiger partial charge in [0.25, 0.3) is 0 Å². The minimum atomic E-state index is 1.08. The molecule has 4 aromatic carbocycles. The highest BCUT2D eigenvalue weighted by Gasteiger charge is 2.12. The average molecular weight is 376 g/mol. The topological polar surface area (TPSA) is 4.93 Å². The van der Waals surface area contributed by atoms with Crippen LogP contribution in [0, 0.1) is 13.8 Å². The zero-order valence-corrected chi connectivity index (χ0v) is 17.2. The predicted octanol–water partition coefficient (Wildman–Crippen LogP) is 7.63. The molecule has 0 atom stereocenters. The normalized spacial score (nSPS) is 11.4. The quantitative estimate of drug-likeness (QED) is 0.305. The van der Waals surface area contributed by atoms with Crippen molar-refractivity contribution in [3.05, 3.63) is 102 Å². The Labute approximate surface area is 172 Å². The SMILES string of the molecule is CCc1ccc(-c2ccc(-n3c4ccc(C)cc4c4cc(C)ccc43)cc2)cc1. The maximum Gasteiger partial charge on any atom is 0.0541 e. The lowest BCUT2D eigenvalue weighted by atomic mass is 10.0. The first-order valence-electron chi connectivity index (χ1n) is 10.4. The molecule has 0 bridgehead atoms. The molecule has 29 heavy (non-hydrogen) atoms. The van der Waals surface area contributed by atoms with Gasteiger partial charge >= 0.3 is 0 Å². The van der Waals surface area contributed by atoms with Crippen LogP contribution in [-0.4, -0.2) is 4.57 Å². The molecule has 5 rings (SSSR count). The molecule has 0 N–H and O–H groups in total. The summed E-state index contributed by atoms with van der Waals surface area (Å²) in [5, 5.41) is 2.64. The second-order valence-corrected chi connectivity index (χ2v) is 7.97. The second-order valence-electron chi connectivity index (χ2n) is 7.97. The van der Waals surface area contributed by atoms with Crippen LogP contribution in [-0.2, 0) is 6.42 Å². The first kappa shape index (κ1) is 17.8. The Bertz CT molecular complexity index is 1260. The summed E-state index contributed by atoms with van der Waals surface area (Å²) in [6.07, 6.45) is 1.08. The molecule has 1 heteroatoms. The highest BCUT2D eigenvalue weighted by atomic mass is 15.0. The lowest BCUT2D eigenvalue weighted by Crippen LogP contribution is -1.94. The fourth-order valence-corrected chi connectivity index (χ4v) is 4.26. The van der Waals surface area contributed by atoms with Gasteiger partial charge in [0.2, 0.25) is 0 Å². The number of fused-ring (bicyclic) bond motifs is 3. The summed E-state index contributed by atoms with van der Waals surface area (Å²) in [6.45, 7) is 6.52. The molecule has 1 nitrogen and oxygen atoms in total. The van der Waals surface area contributed by atoms with E-state index in [1.165, 1.54) is 55.3 Å². The molecule has 0 amide bonds. The van der Waals surface area contributed by atoms with Crippen molar-refractivity contribution in [1.29, 1.82) is 0 Å². The largest absolute Gasteiger partial charge is 0.309 e. The van der Waals surface area contributed by atoms with Crippen molar-refractivity contribution in [1.82, 2.24) is 4.57 Å². The highest BCUT2D eigenvalue weighted by Crippen LogP contribution is 2.34. The van der Waals surface area contributed by atoms with Crippen molar-refractivity contribution in [2.24, 2.45) is 0 Å². The van der Waals surface area contributed by atoms with Crippen molar-refractivity contribution in [2.75, 3.05) is 0 Å². The third kappa shape index (κ3) is 3.03. The van der Waals surface area contributed by atoms with Gasteiger partial charge in [0.05, 0.1) is 11.0 Å². The van der Waals surface area contributed by atoms with Crippen molar-refractivity contribution >= 4 is 21.8 Å². The average Bonchev–Trinajstić information content (AvgIpc) is 3.07. The van der Waals surface area contributed by atoms with Gasteiger partial charge < -0.3 is 4.57 Å². The van der Waals surface area contributed by atoms with Crippen LogP contribution in [0.25, 0.3) is 38.6 Å². The van der Waals surface area contributed by atoms with E-state index >= 15 is 0 Å². The number of rotatable bonds is 3. The van der Waals surface area contributed by atoms with Crippen LogP contribution in [0.3, 0.4) is 0 Å². The maximum atomic E-state index is 2.38. The minimum Gasteiger partial charge on any atom is -0.309 e. The van der Waals surface area contributed by atoms with E-state index in [-0.39, 0.29) is 0 Å². The summed E-state index contributed by atoms with van der Waals surface area (Å²) in [5.41, 5.74) is 10.2. The summed E-state index contributed by atoms with van der Waals surface area (Å²) >= 11 is 0. The Kier molecular flexibility index (Phi) is 4.24. The van der Waals surface area contributed by atoms with E-state index in [1.54, 1.807) is 0 Å². The molecule has 0 fully saturated rings. The van der Waals surface area contributed by atoms with Crippen LogP contribution in [0.5, 0.6) is 0 Å². The molecule has 0 saturated carbocycles. The van der Waals surface area contributed by atoms with E-state index in [0.29, 0.717) is 0 Å². The van der Waals surface area contributed by atoms with Crippen molar-refractivity contribution in [2.45, 2.75) is 27.2 Å². The van der Waals surface area contributed by atoms with E-state index in [0.717, 1.165) is 6.42 Å². The molecule has 1 aromatic heterocycles. The first-order valence-corrected chi connectivity index (χ1v) is 10.4. The lowest BCUT2D eigenvalue weighted by molar-refractivity contribution is 1.14. The zero-order valence-electron chi connectivity index (χ0n) is 17.2. The minimum absolute atomic E-state index is 1.08. The Morgan fingerprint density at radius 3 is 1.55 bits per heavy atom. The van der Waals surface area contributed by atoms with E-state index in [9.17, 15) is 0 Å².